The van der Waals surface area contributed by atoms with Gasteiger partial charge in [0.15, 0.2) is 6.29 Å². The van der Waals surface area contributed by atoms with E-state index in [1.165, 1.54) is 12.1 Å². The summed E-state index contributed by atoms with van der Waals surface area (Å²) in [6.45, 7) is -0.882. The maximum Gasteiger partial charge on any atom is 0.364 e. The third kappa shape index (κ3) is 9.81. The number of benzene rings is 1. The molecule has 0 bridgehead atoms. The Kier molecular flexibility index (Phi) is 14.8. The first-order valence-electron chi connectivity index (χ1n) is 16.8. The molecule has 24 nitrogen and oxygen atoms in total. The lowest BCUT2D eigenvalue weighted by molar-refractivity contribution is -0.384. The van der Waals surface area contributed by atoms with E-state index in [2.05, 4.69) is 10.6 Å². The van der Waals surface area contributed by atoms with Crippen molar-refractivity contribution in [2.45, 2.75) is 118 Å². The number of aliphatic hydroxyl groups excluding tert-OH is 9. The highest BCUT2D eigenvalue weighted by atomic mass is 16.8. The summed E-state index contributed by atoms with van der Waals surface area (Å²) in [7, 11) is 0. The van der Waals surface area contributed by atoms with E-state index in [0.717, 1.165) is 26.0 Å². The Balaban J connectivity index is 1.63. The maximum absolute atomic E-state index is 12.8. The average Bonchev–Trinajstić information content (AvgIpc) is 3.13. The van der Waals surface area contributed by atoms with Crippen LogP contribution >= 0.6 is 0 Å². The molecule has 2 amide bonds. The first kappa shape index (κ1) is 44.0. The third-order valence-electron chi connectivity index (χ3n) is 9.15. The molecule has 3 aliphatic heterocycles. The summed E-state index contributed by atoms with van der Waals surface area (Å²) < 4.78 is 34.1. The van der Waals surface area contributed by atoms with Crippen LogP contribution in [0.15, 0.2) is 24.3 Å². The largest absolute Gasteiger partial charge is 0.477 e. The summed E-state index contributed by atoms with van der Waals surface area (Å²) in [5.41, 5.74) is -0.274. The number of aliphatic hydroxyl groups is 9. The first-order valence-corrected chi connectivity index (χ1v) is 16.8. The molecule has 55 heavy (non-hydrogen) atoms. The topological polar surface area (TPSA) is 376 Å². The zero-order valence-electron chi connectivity index (χ0n) is 29.2. The number of carbonyl (C=O) groups is 3. The SMILES string of the molecule is CC(=O)N[C@@H]1[C@@H]([C@@H](O)[C@@H](O)CO)O[C@](O[C@H]2[C@@H](O)[C@@H](O[C@@H]3[C@@H](O)[C@@H](NC(C)=O)[C@@H](Oc4ccc([N+](=O)[O-])cc4)O[C@@H]3CO)O[C@H](CO)[C@H]2O)(C(=O)O)C[C@@H]1O. The van der Waals surface area contributed by atoms with E-state index in [0.29, 0.717) is 0 Å². The van der Waals surface area contributed by atoms with E-state index in [1.54, 1.807) is 0 Å². The molecule has 3 heterocycles. The lowest BCUT2D eigenvalue weighted by Gasteiger charge is -2.50. The van der Waals surface area contributed by atoms with Gasteiger partial charge in [-0.15, -0.1) is 0 Å². The number of nitrogens with zero attached hydrogens (tertiary/aromatic N) is 1. The van der Waals surface area contributed by atoms with Crippen LogP contribution in [0.5, 0.6) is 5.75 Å². The monoisotopic (exact) mass is 795 g/mol. The van der Waals surface area contributed by atoms with E-state index < -0.39 is 147 Å². The Morgan fingerprint density at radius 2 is 1.47 bits per heavy atom. The highest BCUT2D eigenvalue weighted by Crippen LogP contribution is 2.38. The number of ether oxygens (including phenoxy) is 6. The van der Waals surface area contributed by atoms with Gasteiger partial charge in [0, 0.05) is 32.4 Å². The molecule has 0 aliphatic carbocycles. The summed E-state index contributed by atoms with van der Waals surface area (Å²) in [5.74, 6) is -6.56. The molecular weight excluding hydrogens is 750 g/mol. The highest BCUT2D eigenvalue weighted by Gasteiger charge is 2.60. The van der Waals surface area contributed by atoms with Crippen LogP contribution in [0.4, 0.5) is 5.69 Å². The molecule has 0 unspecified atom stereocenters. The third-order valence-corrected chi connectivity index (χ3v) is 9.15. The fourth-order valence-electron chi connectivity index (χ4n) is 6.43. The van der Waals surface area contributed by atoms with Crippen LogP contribution in [0, 0.1) is 10.1 Å². The van der Waals surface area contributed by atoms with Crippen molar-refractivity contribution in [3.05, 3.63) is 34.4 Å². The second-order valence-electron chi connectivity index (χ2n) is 13.1. The summed E-state index contributed by atoms with van der Waals surface area (Å²) in [5, 5.41) is 122. The van der Waals surface area contributed by atoms with Gasteiger partial charge in [-0.3, -0.25) is 19.7 Å². The molecular formula is C31H45N3O21. The predicted octanol–water partition coefficient (Wildman–Crippen LogP) is -6.08. The van der Waals surface area contributed by atoms with Crippen molar-refractivity contribution in [2.24, 2.45) is 0 Å². The van der Waals surface area contributed by atoms with Crippen LogP contribution in [0.2, 0.25) is 0 Å². The van der Waals surface area contributed by atoms with E-state index >= 15 is 0 Å². The Labute approximate surface area is 310 Å². The van der Waals surface area contributed by atoms with Crippen LogP contribution in [-0.4, -0.2) is 191 Å². The van der Waals surface area contributed by atoms with Crippen LogP contribution in [0.25, 0.3) is 0 Å². The minimum Gasteiger partial charge on any atom is -0.477 e. The van der Waals surface area contributed by atoms with E-state index in [9.17, 15) is 75.6 Å². The Morgan fingerprint density at radius 1 is 0.891 bits per heavy atom. The number of carbonyl (C=O) groups excluding carboxylic acids is 2. The van der Waals surface area contributed by atoms with Crippen LogP contribution in [0.1, 0.15) is 20.3 Å². The van der Waals surface area contributed by atoms with Gasteiger partial charge in [0.2, 0.25) is 18.1 Å². The standard InChI is InChI=1S/C31H45N3O21/c1-11(38)32-19-15(40)7-31(30(46)47,54-26(19)21(42)16(41)8-35)55-27-22(43)17(9-36)51-29(24(27)45)53-25-18(10-37)52-28(20(23(25)44)33-12(2)39)50-14-5-3-13(4-6-14)34(48)49/h3-6,15-29,35-37,40-45H,7-10H2,1-2H3,(H,32,38)(H,33,39)(H,46,47)/t15-,16-,17+,18+,19-,20+,21-,22+,23-,24+,25-,26-,27+,28-,29+,31+/m0/s1. The number of nitro groups is 1. The Bertz CT molecular complexity index is 1490. The molecule has 1 aromatic rings. The van der Waals surface area contributed by atoms with Crippen molar-refractivity contribution in [3.8, 4) is 5.75 Å². The zero-order valence-corrected chi connectivity index (χ0v) is 29.2. The summed E-state index contributed by atoms with van der Waals surface area (Å²) in [6.07, 6.45) is -26.0. The molecule has 0 spiro atoms. The van der Waals surface area contributed by atoms with Gasteiger partial charge in [-0.2, -0.15) is 0 Å². The summed E-state index contributed by atoms with van der Waals surface area (Å²) >= 11 is 0. The van der Waals surface area contributed by atoms with E-state index in [1.807, 2.05) is 0 Å². The molecule has 24 heteroatoms. The smallest absolute Gasteiger partial charge is 0.364 e. The fourth-order valence-corrected chi connectivity index (χ4v) is 6.43. The van der Waals surface area contributed by atoms with Crippen molar-refractivity contribution in [1.29, 1.82) is 0 Å². The molecule has 3 fully saturated rings. The highest BCUT2D eigenvalue weighted by molar-refractivity contribution is 5.76. The van der Waals surface area contributed by atoms with Gasteiger partial charge in [0.05, 0.1) is 36.9 Å². The van der Waals surface area contributed by atoms with Gasteiger partial charge in [-0.25, -0.2) is 4.79 Å². The second-order valence-corrected chi connectivity index (χ2v) is 13.1. The van der Waals surface area contributed by atoms with E-state index in [-0.39, 0.29) is 11.4 Å². The molecule has 0 aromatic heterocycles. The van der Waals surface area contributed by atoms with Crippen LogP contribution in [0.3, 0.4) is 0 Å². The predicted molar refractivity (Wildman–Crippen MR) is 173 cm³/mol. The molecule has 4 rings (SSSR count). The van der Waals surface area contributed by atoms with Crippen LogP contribution in [-0.2, 0) is 38.1 Å². The molecule has 0 saturated carbocycles. The van der Waals surface area contributed by atoms with Gasteiger partial charge in [0.25, 0.3) is 11.5 Å². The number of non-ortho nitro benzene ring substituents is 1. The first-order chi connectivity index (χ1) is 25.9. The van der Waals surface area contributed by atoms with Gasteiger partial charge < -0.3 is 90.1 Å². The van der Waals surface area contributed by atoms with Gasteiger partial charge >= 0.3 is 5.97 Å². The zero-order chi connectivity index (χ0) is 40.9. The quantitative estimate of drug-likeness (QED) is 0.0580. The lowest BCUT2D eigenvalue weighted by atomic mass is 9.88. The normalized spacial score (nSPS) is 37.6. The number of aliphatic carboxylic acids is 1. The van der Waals surface area contributed by atoms with Crippen molar-refractivity contribution in [3.63, 3.8) is 0 Å². The number of nitro benzene ring substituents is 1. The van der Waals surface area contributed by atoms with Crippen molar-refractivity contribution in [2.75, 3.05) is 19.8 Å². The molecule has 3 saturated heterocycles. The minimum atomic E-state index is -3.08. The average molecular weight is 796 g/mol. The molecule has 16 atom stereocenters. The molecule has 3 aliphatic rings. The van der Waals surface area contributed by atoms with Gasteiger partial charge in [-0.05, 0) is 12.1 Å². The van der Waals surface area contributed by atoms with Gasteiger partial charge in [0.1, 0.15) is 72.8 Å². The summed E-state index contributed by atoms with van der Waals surface area (Å²) in [6, 6.07) is 1.56. The fraction of sp³-hybridized carbons (Fsp3) is 0.710. The second kappa shape index (κ2) is 18.5. The maximum atomic E-state index is 12.8. The number of hydrogen-bond acceptors (Lipinski definition) is 20. The number of carboxylic acids is 1. The number of nitrogens with one attached hydrogen (secondary N) is 2. The Hall–Kier alpha value is -3.73. The summed E-state index contributed by atoms with van der Waals surface area (Å²) in [4.78, 5) is 47.2. The molecule has 0 radical (unpaired) electrons. The number of hydrogen-bond donors (Lipinski definition) is 12. The number of amides is 2. The minimum absolute atomic E-state index is 0.00792. The van der Waals surface area contributed by atoms with Crippen molar-refractivity contribution >= 4 is 23.5 Å². The van der Waals surface area contributed by atoms with Crippen molar-refractivity contribution < 1.29 is 98.8 Å². The van der Waals surface area contributed by atoms with E-state index in [4.69, 9.17) is 28.4 Å². The molecule has 12 N–H and O–H groups in total. The number of carboxylic acid groups (broad SMARTS) is 1. The lowest BCUT2D eigenvalue weighted by Crippen LogP contribution is -2.71. The van der Waals surface area contributed by atoms with Gasteiger partial charge in [-0.1, -0.05) is 0 Å². The molecule has 1 aromatic carbocycles. The van der Waals surface area contributed by atoms with Crippen LogP contribution < -0.4 is 15.4 Å². The molecule has 310 valence electrons. The number of rotatable bonds is 15. The van der Waals surface area contributed by atoms with Crippen molar-refractivity contribution in [1.82, 2.24) is 10.6 Å². The Morgan fingerprint density at radius 3 is 2.00 bits per heavy atom.